The molecule has 1 aromatic carbocycles. The highest BCUT2D eigenvalue weighted by molar-refractivity contribution is 5.78. The Bertz CT molecular complexity index is 491. The fraction of sp³-hybridized carbons (Fsp3) is 0.611. The molecule has 1 saturated heterocycles. The predicted molar refractivity (Wildman–Crippen MR) is 90.6 cm³/mol. The Morgan fingerprint density at radius 3 is 3.00 bits per heavy atom. The van der Waals surface area contributed by atoms with Crippen molar-refractivity contribution in [3.63, 3.8) is 0 Å². The molecule has 128 valence electrons. The third kappa shape index (κ3) is 5.52. The topological polar surface area (TPSA) is 61.8 Å². The summed E-state index contributed by atoms with van der Waals surface area (Å²) in [6.45, 7) is 2.18. The Morgan fingerprint density at radius 2 is 2.22 bits per heavy atom. The zero-order valence-electron chi connectivity index (χ0n) is 14.0. The number of benzene rings is 1. The summed E-state index contributed by atoms with van der Waals surface area (Å²) >= 11 is 0. The number of hydrogen-bond acceptors (Lipinski definition) is 4. The van der Waals surface area contributed by atoms with E-state index in [-0.39, 0.29) is 12.5 Å². The van der Waals surface area contributed by atoms with E-state index in [2.05, 4.69) is 10.2 Å². The molecule has 5 nitrogen and oxygen atoms in total. The molecule has 1 atom stereocenters. The number of rotatable bonds is 8. The van der Waals surface area contributed by atoms with Crippen molar-refractivity contribution >= 4 is 5.91 Å². The average Bonchev–Trinajstić information content (AvgIpc) is 2.57. The highest BCUT2D eigenvalue weighted by Crippen LogP contribution is 2.19. The Labute approximate surface area is 138 Å². The van der Waals surface area contributed by atoms with Crippen LogP contribution in [0.1, 0.15) is 31.2 Å². The fourth-order valence-electron chi connectivity index (χ4n) is 3.23. The third-order valence-electron chi connectivity index (χ3n) is 4.47. The van der Waals surface area contributed by atoms with Crippen LogP contribution in [-0.2, 0) is 11.2 Å². The summed E-state index contributed by atoms with van der Waals surface area (Å²) in [6, 6.07) is 8.22. The molecule has 2 rings (SSSR count). The van der Waals surface area contributed by atoms with Gasteiger partial charge >= 0.3 is 0 Å². The fourth-order valence-corrected chi connectivity index (χ4v) is 3.23. The maximum absolute atomic E-state index is 12.2. The van der Waals surface area contributed by atoms with Crippen molar-refractivity contribution in [2.75, 3.05) is 33.4 Å². The number of aliphatic hydroxyl groups is 1. The van der Waals surface area contributed by atoms with Crippen molar-refractivity contribution in [1.29, 1.82) is 0 Å². The van der Waals surface area contributed by atoms with Crippen molar-refractivity contribution < 1.29 is 14.6 Å². The van der Waals surface area contributed by atoms with Gasteiger partial charge in [-0.25, -0.2) is 0 Å². The van der Waals surface area contributed by atoms with Crippen LogP contribution < -0.4 is 10.1 Å². The third-order valence-corrected chi connectivity index (χ3v) is 4.47. The smallest absolute Gasteiger partial charge is 0.234 e. The number of methoxy groups -OCH3 is 1. The number of hydrogen-bond donors (Lipinski definition) is 2. The van der Waals surface area contributed by atoms with E-state index in [9.17, 15) is 4.79 Å². The summed E-state index contributed by atoms with van der Waals surface area (Å²) in [4.78, 5) is 14.4. The van der Waals surface area contributed by atoms with E-state index < -0.39 is 0 Å². The molecule has 0 aromatic heterocycles. The van der Waals surface area contributed by atoms with Crippen molar-refractivity contribution in [2.45, 2.75) is 38.1 Å². The summed E-state index contributed by atoms with van der Waals surface area (Å²) in [7, 11) is 1.66. The summed E-state index contributed by atoms with van der Waals surface area (Å²) in [5, 5.41) is 12.1. The second-order valence-electron chi connectivity index (χ2n) is 6.04. The van der Waals surface area contributed by atoms with Gasteiger partial charge in [-0.1, -0.05) is 24.6 Å². The maximum atomic E-state index is 12.2. The van der Waals surface area contributed by atoms with E-state index in [0.29, 0.717) is 19.1 Å². The molecule has 0 aliphatic carbocycles. The minimum absolute atomic E-state index is 0.0599. The number of nitrogens with zero attached hydrogens (tertiary/aromatic N) is 1. The van der Waals surface area contributed by atoms with Gasteiger partial charge in [0.25, 0.3) is 0 Å². The van der Waals surface area contributed by atoms with Gasteiger partial charge < -0.3 is 15.2 Å². The molecule has 0 saturated carbocycles. The molecular weight excluding hydrogens is 292 g/mol. The average molecular weight is 320 g/mol. The second-order valence-corrected chi connectivity index (χ2v) is 6.04. The first-order valence-corrected chi connectivity index (χ1v) is 8.48. The molecule has 2 N–H and O–H groups in total. The van der Waals surface area contributed by atoms with Crippen LogP contribution in [0, 0.1) is 0 Å². The minimum Gasteiger partial charge on any atom is -0.496 e. The van der Waals surface area contributed by atoms with Gasteiger partial charge in [0.1, 0.15) is 5.75 Å². The van der Waals surface area contributed by atoms with Crippen LogP contribution in [0.4, 0.5) is 0 Å². The van der Waals surface area contributed by atoms with E-state index in [0.717, 1.165) is 43.5 Å². The zero-order chi connectivity index (χ0) is 16.5. The van der Waals surface area contributed by atoms with E-state index in [1.54, 1.807) is 7.11 Å². The minimum atomic E-state index is 0.0599. The molecule has 23 heavy (non-hydrogen) atoms. The van der Waals surface area contributed by atoms with Gasteiger partial charge in [-0.2, -0.15) is 0 Å². The monoisotopic (exact) mass is 320 g/mol. The molecule has 0 spiro atoms. The first kappa shape index (κ1) is 17.8. The number of aliphatic hydroxyl groups excluding tert-OH is 1. The molecule has 1 aromatic rings. The van der Waals surface area contributed by atoms with E-state index in [1.807, 2.05) is 24.3 Å². The highest BCUT2D eigenvalue weighted by Gasteiger charge is 2.23. The van der Waals surface area contributed by atoms with E-state index in [4.69, 9.17) is 9.84 Å². The van der Waals surface area contributed by atoms with Crippen LogP contribution in [-0.4, -0.2) is 55.3 Å². The lowest BCUT2D eigenvalue weighted by molar-refractivity contribution is -0.123. The van der Waals surface area contributed by atoms with Gasteiger partial charge in [0.2, 0.25) is 5.91 Å². The van der Waals surface area contributed by atoms with Gasteiger partial charge in [-0.15, -0.1) is 0 Å². The molecule has 1 fully saturated rings. The Balaban J connectivity index is 1.76. The number of carbonyl (C=O) groups is 1. The summed E-state index contributed by atoms with van der Waals surface area (Å²) in [5.74, 6) is 0.922. The second kappa shape index (κ2) is 9.53. The molecular formula is C18H28N2O3. The van der Waals surface area contributed by atoms with E-state index in [1.165, 1.54) is 6.42 Å². The first-order chi connectivity index (χ1) is 11.2. The van der Waals surface area contributed by atoms with Crippen molar-refractivity contribution in [2.24, 2.45) is 0 Å². The summed E-state index contributed by atoms with van der Waals surface area (Å²) in [6.07, 6.45) is 4.92. The molecule has 5 heteroatoms. The molecule has 1 aliphatic rings. The van der Waals surface area contributed by atoms with Crippen LogP contribution >= 0.6 is 0 Å². The SMILES string of the molecule is COc1ccccc1CCNC(=O)CN1CCCCC1CCO. The number of carbonyl (C=O) groups excluding carboxylic acids is 1. The van der Waals surface area contributed by atoms with E-state index >= 15 is 0 Å². The van der Waals surface area contributed by atoms with Gasteiger partial charge in [-0.3, -0.25) is 9.69 Å². The molecule has 1 heterocycles. The highest BCUT2D eigenvalue weighted by atomic mass is 16.5. The zero-order valence-corrected chi connectivity index (χ0v) is 14.0. The summed E-state index contributed by atoms with van der Waals surface area (Å²) in [5.41, 5.74) is 1.10. The molecule has 1 aliphatic heterocycles. The van der Waals surface area contributed by atoms with Crippen LogP contribution in [0.15, 0.2) is 24.3 Å². The first-order valence-electron chi connectivity index (χ1n) is 8.48. The maximum Gasteiger partial charge on any atom is 0.234 e. The van der Waals surface area contributed by atoms with Crippen molar-refractivity contribution in [3.05, 3.63) is 29.8 Å². The van der Waals surface area contributed by atoms with Crippen molar-refractivity contribution in [1.82, 2.24) is 10.2 Å². The summed E-state index contributed by atoms with van der Waals surface area (Å²) < 4.78 is 5.32. The van der Waals surface area contributed by atoms with Gasteiger partial charge in [0, 0.05) is 19.2 Å². The van der Waals surface area contributed by atoms with Gasteiger partial charge in [-0.05, 0) is 43.9 Å². The number of piperidine rings is 1. The van der Waals surface area contributed by atoms with Gasteiger partial charge in [0.15, 0.2) is 0 Å². The number of nitrogens with one attached hydrogen (secondary N) is 1. The van der Waals surface area contributed by atoms with Gasteiger partial charge in [0.05, 0.1) is 13.7 Å². The largest absolute Gasteiger partial charge is 0.496 e. The number of likely N-dealkylation sites (tertiary alicyclic amines) is 1. The van der Waals surface area contributed by atoms with Crippen LogP contribution in [0.3, 0.4) is 0 Å². The number of ether oxygens (including phenoxy) is 1. The van der Waals surface area contributed by atoms with Crippen LogP contribution in [0.25, 0.3) is 0 Å². The lowest BCUT2D eigenvalue weighted by atomic mass is 10.00. The predicted octanol–water partition coefficient (Wildman–Crippen LogP) is 1.59. The number of amides is 1. The number of para-hydroxylation sites is 1. The lowest BCUT2D eigenvalue weighted by Gasteiger charge is -2.34. The Morgan fingerprint density at radius 1 is 1.39 bits per heavy atom. The quantitative estimate of drug-likeness (QED) is 0.764. The normalized spacial score (nSPS) is 18.6. The Hall–Kier alpha value is -1.59. The molecule has 0 bridgehead atoms. The van der Waals surface area contributed by atoms with Crippen LogP contribution in [0.2, 0.25) is 0 Å². The standard InChI is InChI=1S/C18H28N2O3/c1-23-17-8-3-2-6-15(17)9-11-19-18(22)14-20-12-5-4-7-16(20)10-13-21/h2-3,6,8,16,21H,4-5,7,9-14H2,1H3,(H,19,22). The van der Waals surface area contributed by atoms with Crippen molar-refractivity contribution in [3.8, 4) is 5.75 Å². The van der Waals surface area contributed by atoms with Crippen LogP contribution in [0.5, 0.6) is 5.75 Å². The molecule has 1 unspecified atom stereocenters. The molecule has 0 radical (unpaired) electrons. The lowest BCUT2D eigenvalue weighted by Crippen LogP contribution is -2.46. The Kier molecular flexibility index (Phi) is 7.36. The molecule has 1 amide bonds.